The monoisotopic (exact) mass is 232 g/mol. The number of methoxy groups -OCH3 is 1. The maximum Gasteiger partial charge on any atom is 0.226 e. The van der Waals surface area contributed by atoms with E-state index in [1.807, 2.05) is 12.1 Å². The highest BCUT2D eigenvalue weighted by Gasteiger charge is 2.10. The summed E-state index contributed by atoms with van der Waals surface area (Å²) in [5.41, 5.74) is 7.25. The largest absolute Gasteiger partial charge is 0.497 e. The molecule has 90 valence electrons. The Balaban J connectivity index is 2.41. The quantitative estimate of drug-likeness (QED) is 0.826. The SMILES string of the molecule is COc1cc(N)cc(-c2ncc(C(C)C)o2)c1. The molecule has 0 bridgehead atoms. The van der Waals surface area contributed by atoms with Gasteiger partial charge in [0.15, 0.2) is 0 Å². The fraction of sp³-hybridized carbons (Fsp3) is 0.308. The summed E-state index contributed by atoms with van der Waals surface area (Å²) in [4.78, 5) is 4.25. The molecule has 2 rings (SSSR count). The van der Waals surface area contributed by atoms with Gasteiger partial charge in [0, 0.05) is 23.2 Å². The highest BCUT2D eigenvalue weighted by atomic mass is 16.5. The van der Waals surface area contributed by atoms with Crippen molar-refractivity contribution in [3.05, 3.63) is 30.2 Å². The van der Waals surface area contributed by atoms with Crippen LogP contribution in [0.1, 0.15) is 25.5 Å². The van der Waals surface area contributed by atoms with Crippen molar-refractivity contribution in [1.82, 2.24) is 4.98 Å². The number of oxazole rings is 1. The lowest BCUT2D eigenvalue weighted by Crippen LogP contribution is -1.90. The van der Waals surface area contributed by atoms with Crippen LogP contribution in [0.3, 0.4) is 0 Å². The summed E-state index contributed by atoms with van der Waals surface area (Å²) in [7, 11) is 1.60. The molecule has 0 saturated heterocycles. The summed E-state index contributed by atoms with van der Waals surface area (Å²) in [6, 6.07) is 5.43. The average molecular weight is 232 g/mol. The van der Waals surface area contributed by atoms with E-state index in [0.29, 0.717) is 23.2 Å². The Morgan fingerprint density at radius 3 is 2.65 bits per heavy atom. The van der Waals surface area contributed by atoms with Crippen LogP contribution in [0.4, 0.5) is 5.69 Å². The fourth-order valence-electron chi connectivity index (χ4n) is 1.55. The van der Waals surface area contributed by atoms with E-state index in [2.05, 4.69) is 18.8 Å². The molecule has 0 fully saturated rings. The van der Waals surface area contributed by atoms with E-state index >= 15 is 0 Å². The number of rotatable bonds is 3. The molecular formula is C13H16N2O2. The average Bonchev–Trinajstić information content (AvgIpc) is 2.77. The number of ether oxygens (including phenoxy) is 1. The maximum absolute atomic E-state index is 5.79. The third kappa shape index (κ3) is 2.41. The Bertz CT molecular complexity index is 518. The smallest absolute Gasteiger partial charge is 0.226 e. The minimum Gasteiger partial charge on any atom is -0.497 e. The zero-order valence-electron chi connectivity index (χ0n) is 10.2. The van der Waals surface area contributed by atoms with Crippen molar-refractivity contribution in [2.75, 3.05) is 12.8 Å². The lowest BCUT2D eigenvalue weighted by atomic mass is 10.2. The van der Waals surface area contributed by atoms with Crippen LogP contribution in [0, 0.1) is 0 Å². The van der Waals surface area contributed by atoms with Gasteiger partial charge in [-0.25, -0.2) is 4.98 Å². The van der Waals surface area contributed by atoms with E-state index in [1.165, 1.54) is 0 Å². The molecule has 1 heterocycles. The molecule has 0 saturated carbocycles. The normalized spacial score (nSPS) is 10.8. The minimum atomic E-state index is 0.319. The molecule has 4 nitrogen and oxygen atoms in total. The number of benzene rings is 1. The van der Waals surface area contributed by atoms with Crippen LogP contribution in [0.25, 0.3) is 11.5 Å². The molecule has 1 aromatic carbocycles. The molecule has 17 heavy (non-hydrogen) atoms. The van der Waals surface area contributed by atoms with Gasteiger partial charge in [-0.2, -0.15) is 0 Å². The molecule has 0 aliphatic heterocycles. The number of anilines is 1. The second-order valence-electron chi connectivity index (χ2n) is 4.22. The standard InChI is InChI=1S/C13H16N2O2/c1-8(2)12-7-15-13(17-12)9-4-10(14)6-11(5-9)16-3/h4-8H,14H2,1-3H3. The van der Waals surface area contributed by atoms with Crippen molar-refractivity contribution >= 4 is 5.69 Å². The van der Waals surface area contributed by atoms with Crippen molar-refractivity contribution in [3.63, 3.8) is 0 Å². The van der Waals surface area contributed by atoms with Gasteiger partial charge in [0.2, 0.25) is 5.89 Å². The van der Waals surface area contributed by atoms with Crippen LogP contribution in [-0.4, -0.2) is 12.1 Å². The predicted octanol–water partition coefficient (Wildman–Crippen LogP) is 3.06. The van der Waals surface area contributed by atoms with Gasteiger partial charge >= 0.3 is 0 Å². The van der Waals surface area contributed by atoms with E-state index < -0.39 is 0 Å². The van der Waals surface area contributed by atoms with E-state index in [9.17, 15) is 0 Å². The van der Waals surface area contributed by atoms with Gasteiger partial charge in [-0.15, -0.1) is 0 Å². The number of hydrogen-bond acceptors (Lipinski definition) is 4. The molecule has 0 aliphatic carbocycles. The van der Waals surface area contributed by atoms with Gasteiger partial charge in [0.05, 0.1) is 13.3 Å². The van der Waals surface area contributed by atoms with Crippen molar-refractivity contribution in [2.24, 2.45) is 0 Å². The third-order valence-electron chi connectivity index (χ3n) is 2.50. The highest BCUT2D eigenvalue weighted by molar-refractivity contribution is 5.63. The first-order valence-electron chi connectivity index (χ1n) is 5.51. The molecule has 0 aliphatic rings. The first-order valence-corrected chi connectivity index (χ1v) is 5.51. The summed E-state index contributed by atoms with van der Waals surface area (Å²) in [5.74, 6) is 2.45. The third-order valence-corrected chi connectivity index (χ3v) is 2.50. The number of hydrogen-bond donors (Lipinski definition) is 1. The van der Waals surface area contributed by atoms with Crippen molar-refractivity contribution < 1.29 is 9.15 Å². The molecule has 0 spiro atoms. The molecule has 2 aromatic rings. The van der Waals surface area contributed by atoms with Crippen LogP contribution in [0.15, 0.2) is 28.8 Å². The Labute approximate surface area is 100 Å². The van der Waals surface area contributed by atoms with E-state index in [4.69, 9.17) is 14.9 Å². The number of nitrogens with two attached hydrogens (primary N) is 1. The second-order valence-corrected chi connectivity index (χ2v) is 4.22. The highest BCUT2D eigenvalue weighted by Crippen LogP contribution is 2.28. The zero-order valence-corrected chi connectivity index (χ0v) is 10.2. The fourth-order valence-corrected chi connectivity index (χ4v) is 1.55. The molecule has 0 unspecified atom stereocenters. The molecule has 1 aromatic heterocycles. The summed E-state index contributed by atoms with van der Waals surface area (Å²) in [5, 5.41) is 0. The van der Waals surface area contributed by atoms with Crippen LogP contribution in [0.5, 0.6) is 5.75 Å². The summed E-state index contributed by atoms with van der Waals surface area (Å²) < 4.78 is 10.8. The van der Waals surface area contributed by atoms with Gasteiger partial charge in [0.1, 0.15) is 11.5 Å². The van der Waals surface area contributed by atoms with Crippen LogP contribution in [0.2, 0.25) is 0 Å². The van der Waals surface area contributed by atoms with Crippen molar-refractivity contribution in [1.29, 1.82) is 0 Å². The summed E-state index contributed by atoms with van der Waals surface area (Å²) in [6.45, 7) is 4.12. The lowest BCUT2D eigenvalue weighted by molar-refractivity contribution is 0.415. The van der Waals surface area contributed by atoms with Gasteiger partial charge in [0.25, 0.3) is 0 Å². The summed E-state index contributed by atoms with van der Waals surface area (Å²) in [6.07, 6.45) is 1.75. The van der Waals surface area contributed by atoms with Crippen LogP contribution in [-0.2, 0) is 0 Å². The number of nitrogen functional groups attached to an aromatic ring is 1. The molecule has 2 N–H and O–H groups in total. The predicted molar refractivity (Wildman–Crippen MR) is 67.0 cm³/mol. The first kappa shape index (κ1) is 11.5. The van der Waals surface area contributed by atoms with Gasteiger partial charge in [-0.3, -0.25) is 0 Å². The van der Waals surface area contributed by atoms with Gasteiger partial charge in [-0.1, -0.05) is 13.8 Å². The first-order chi connectivity index (χ1) is 8.10. The van der Waals surface area contributed by atoms with E-state index in [0.717, 1.165) is 11.3 Å². The molecular weight excluding hydrogens is 216 g/mol. The van der Waals surface area contributed by atoms with E-state index in [1.54, 1.807) is 19.4 Å². The van der Waals surface area contributed by atoms with E-state index in [-0.39, 0.29) is 0 Å². The van der Waals surface area contributed by atoms with Crippen molar-refractivity contribution in [2.45, 2.75) is 19.8 Å². The second kappa shape index (κ2) is 4.49. The maximum atomic E-state index is 5.79. The zero-order chi connectivity index (χ0) is 12.4. The summed E-state index contributed by atoms with van der Waals surface area (Å²) >= 11 is 0. The molecule has 0 atom stereocenters. The topological polar surface area (TPSA) is 61.3 Å². The Morgan fingerprint density at radius 2 is 2.06 bits per heavy atom. The molecule has 0 radical (unpaired) electrons. The Kier molecular flexibility index (Phi) is 3.04. The van der Waals surface area contributed by atoms with Crippen molar-refractivity contribution in [3.8, 4) is 17.2 Å². The van der Waals surface area contributed by atoms with Crippen LogP contribution < -0.4 is 10.5 Å². The van der Waals surface area contributed by atoms with Gasteiger partial charge < -0.3 is 14.9 Å². The lowest BCUT2D eigenvalue weighted by Gasteiger charge is -2.04. The minimum absolute atomic E-state index is 0.319. The Morgan fingerprint density at radius 1 is 1.29 bits per heavy atom. The number of nitrogens with zero attached hydrogens (tertiary/aromatic N) is 1. The van der Waals surface area contributed by atoms with Crippen LogP contribution >= 0.6 is 0 Å². The Hall–Kier alpha value is -1.97. The van der Waals surface area contributed by atoms with Gasteiger partial charge in [-0.05, 0) is 12.1 Å². The molecule has 0 amide bonds. The molecule has 4 heteroatoms. The number of aromatic nitrogens is 1.